The molecule has 1 aromatic carbocycles. The normalized spacial score (nSPS) is 10.2. The summed E-state index contributed by atoms with van der Waals surface area (Å²) in [6, 6.07) is 7.57. The van der Waals surface area contributed by atoms with Crippen LogP contribution in [-0.2, 0) is 0 Å². The summed E-state index contributed by atoms with van der Waals surface area (Å²) in [4.78, 5) is 8.00. The number of hydrogen-bond acceptors (Lipinski definition) is 6. The van der Waals surface area contributed by atoms with E-state index in [0.717, 1.165) is 15.7 Å². The number of nitrogens with zero attached hydrogens (tertiary/aromatic N) is 2. The van der Waals surface area contributed by atoms with E-state index < -0.39 is 0 Å². The van der Waals surface area contributed by atoms with Gasteiger partial charge in [0.1, 0.15) is 11.6 Å². The first-order valence-corrected chi connectivity index (χ1v) is 6.03. The number of anilines is 4. The third-order valence-corrected chi connectivity index (χ3v) is 3.40. The van der Waals surface area contributed by atoms with Gasteiger partial charge in [-0.1, -0.05) is 12.1 Å². The van der Waals surface area contributed by atoms with E-state index in [1.807, 2.05) is 25.1 Å². The molecule has 0 saturated heterocycles. The highest BCUT2D eigenvalue weighted by Crippen LogP contribution is 2.28. The first kappa shape index (κ1) is 12.6. The number of rotatable bonds is 3. The van der Waals surface area contributed by atoms with Crippen molar-refractivity contribution in [2.75, 3.05) is 16.5 Å². The van der Waals surface area contributed by atoms with E-state index in [-0.39, 0.29) is 5.95 Å². The molecule has 1 heterocycles. The average molecular weight is 309 g/mol. The molecule has 0 amide bonds. The third kappa shape index (κ3) is 2.69. The lowest BCUT2D eigenvalue weighted by atomic mass is 10.2. The molecular weight excluding hydrogens is 296 g/mol. The number of nitrogens with two attached hydrogens (primary N) is 2. The summed E-state index contributed by atoms with van der Waals surface area (Å²) in [5, 5.41) is 3.16. The summed E-state index contributed by atoms with van der Waals surface area (Å²) in [6.45, 7) is 2.01. The molecule has 94 valence electrons. The molecule has 0 radical (unpaired) electrons. The van der Waals surface area contributed by atoms with E-state index in [9.17, 15) is 0 Å². The number of aromatic nitrogens is 2. The molecule has 2 aromatic rings. The van der Waals surface area contributed by atoms with Gasteiger partial charge in [-0.15, -0.1) is 0 Å². The molecule has 0 aliphatic heterocycles. The van der Waals surface area contributed by atoms with Crippen LogP contribution >= 0.6 is 15.9 Å². The van der Waals surface area contributed by atoms with Gasteiger partial charge in [-0.25, -0.2) is 5.84 Å². The van der Waals surface area contributed by atoms with Gasteiger partial charge >= 0.3 is 0 Å². The van der Waals surface area contributed by atoms with Gasteiger partial charge < -0.3 is 16.5 Å². The van der Waals surface area contributed by atoms with Crippen LogP contribution in [0.5, 0.6) is 0 Å². The minimum absolute atomic E-state index is 0.150. The van der Waals surface area contributed by atoms with Crippen molar-refractivity contribution in [1.82, 2.24) is 9.97 Å². The quantitative estimate of drug-likeness (QED) is 0.512. The molecule has 1 aromatic heterocycles. The number of aryl methyl sites for hydroxylation is 1. The molecule has 7 heteroatoms. The standard InChI is InChI=1S/C11H13BrN6/c1-6-3-2-4-7(10(6)12)15-8-5-9(18-14)17-11(13)16-8/h2-5H,14H2,1H3,(H4,13,15,16,17,18). The minimum atomic E-state index is 0.150. The van der Waals surface area contributed by atoms with Gasteiger partial charge in [0.25, 0.3) is 0 Å². The lowest BCUT2D eigenvalue weighted by molar-refractivity contribution is 1.15. The third-order valence-electron chi connectivity index (χ3n) is 2.35. The van der Waals surface area contributed by atoms with E-state index in [0.29, 0.717) is 11.6 Å². The maximum atomic E-state index is 5.59. The van der Waals surface area contributed by atoms with Gasteiger partial charge in [-0.3, -0.25) is 0 Å². The van der Waals surface area contributed by atoms with Crippen molar-refractivity contribution in [2.45, 2.75) is 6.92 Å². The zero-order chi connectivity index (χ0) is 13.1. The highest BCUT2D eigenvalue weighted by atomic mass is 79.9. The Morgan fingerprint density at radius 1 is 1.22 bits per heavy atom. The fourth-order valence-electron chi connectivity index (χ4n) is 1.49. The van der Waals surface area contributed by atoms with Crippen LogP contribution in [0.2, 0.25) is 0 Å². The van der Waals surface area contributed by atoms with Gasteiger partial charge in [-0.2, -0.15) is 9.97 Å². The maximum absolute atomic E-state index is 5.59. The molecule has 2 rings (SSSR count). The van der Waals surface area contributed by atoms with E-state index in [1.165, 1.54) is 0 Å². The number of hydrazine groups is 1. The van der Waals surface area contributed by atoms with Gasteiger partial charge in [-0.05, 0) is 34.5 Å². The van der Waals surface area contributed by atoms with Crippen molar-refractivity contribution >= 4 is 39.2 Å². The van der Waals surface area contributed by atoms with Gasteiger partial charge in [0.05, 0.1) is 5.69 Å². The summed E-state index contributed by atoms with van der Waals surface area (Å²) in [6.07, 6.45) is 0. The molecule has 18 heavy (non-hydrogen) atoms. The molecule has 0 aliphatic carbocycles. The van der Waals surface area contributed by atoms with Crippen LogP contribution in [-0.4, -0.2) is 9.97 Å². The molecule has 6 nitrogen and oxygen atoms in total. The summed E-state index contributed by atoms with van der Waals surface area (Å²) in [5.74, 6) is 6.48. The highest BCUT2D eigenvalue weighted by molar-refractivity contribution is 9.10. The van der Waals surface area contributed by atoms with Gasteiger partial charge in [0.15, 0.2) is 0 Å². The van der Waals surface area contributed by atoms with Crippen LogP contribution in [0.3, 0.4) is 0 Å². The van der Waals surface area contributed by atoms with Gasteiger partial charge in [0, 0.05) is 10.5 Å². The van der Waals surface area contributed by atoms with E-state index in [4.69, 9.17) is 11.6 Å². The minimum Gasteiger partial charge on any atom is -0.368 e. The Balaban J connectivity index is 2.34. The Morgan fingerprint density at radius 3 is 2.67 bits per heavy atom. The van der Waals surface area contributed by atoms with E-state index in [2.05, 4.69) is 36.6 Å². The lowest BCUT2D eigenvalue weighted by Gasteiger charge is -2.10. The number of nitrogen functional groups attached to an aromatic ring is 2. The fraction of sp³-hybridized carbons (Fsp3) is 0.0909. The molecule has 0 bridgehead atoms. The average Bonchev–Trinajstić information content (AvgIpc) is 2.34. The van der Waals surface area contributed by atoms with Crippen LogP contribution in [0.4, 0.5) is 23.3 Å². The molecule has 0 saturated carbocycles. The summed E-state index contributed by atoms with van der Waals surface area (Å²) in [5.41, 5.74) is 10.0. The molecule has 0 spiro atoms. The van der Waals surface area contributed by atoms with Crippen LogP contribution in [0.25, 0.3) is 0 Å². The molecule has 0 unspecified atom stereocenters. The Morgan fingerprint density at radius 2 is 1.94 bits per heavy atom. The van der Waals surface area contributed by atoms with Crippen LogP contribution in [0.15, 0.2) is 28.7 Å². The largest absolute Gasteiger partial charge is 0.368 e. The smallest absolute Gasteiger partial charge is 0.223 e. The molecule has 0 aliphatic rings. The monoisotopic (exact) mass is 308 g/mol. The van der Waals surface area contributed by atoms with Crippen LogP contribution in [0, 0.1) is 6.92 Å². The number of nitrogens with one attached hydrogen (secondary N) is 2. The molecule has 6 N–H and O–H groups in total. The van der Waals surface area contributed by atoms with Crippen molar-refractivity contribution in [2.24, 2.45) is 5.84 Å². The van der Waals surface area contributed by atoms with Gasteiger partial charge in [0.2, 0.25) is 5.95 Å². The van der Waals surface area contributed by atoms with Crippen LogP contribution in [0.1, 0.15) is 5.56 Å². The highest BCUT2D eigenvalue weighted by Gasteiger charge is 2.05. The lowest BCUT2D eigenvalue weighted by Crippen LogP contribution is -2.11. The summed E-state index contributed by atoms with van der Waals surface area (Å²) < 4.78 is 0.976. The Hall–Kier alpha value is -1.86. The number of benzene rings is 1. The first-order valence-electron chi connectivity index (χ1n) is 5.23. The topological polar surface area (TPSA) is 102 Å². The molecule has 0 atom stereocenters. The predicted molar refractivity (Wildman–Crippen MR) is 76.4 cm³/mol. The van der Waals surface area contributed by atoms with Crippen molar-refractivity contribution in [3.8, 4) is 0 Å². The Kier molecular flexibility index (Phi) is 3.63. The maximum Gasteiger partial charge on any atom is 0.223 e. The Bertz CT molecular complexity index is 571. The summed E-state index contributed by atoms with van der Waals surface area (Å²) in [7, 11) is 0. The van der Waals surface area contributed by atoms with Crippen LogP contribution < -0.4 is 22.3 Å². The SMILES string of the molecule is Cc1cccc(Nc2cc(NN)nc(N)n2)c1Br. The second kappa shape index (κ2) is 5.19. The number of halogens is 1. The van der Waals surface area contributed by atoms with Crippen molar-refractivity contribution in [1.29, 1.82) is 0 Å². The number of hydrogen-bond donors (Lipinski definition) is 4. The zero-order valence-electron chi connectivity index (χ0n) is 9.74. The molecule has 0 fully saturated rings. The zero-order valence-corrected chi connectivity index (χ0v) is 11.3. The fourth-order valence-corrected chi connectivity index (χ4v) is 1.85. The van der Waals surface area contributed by atoms with Crippen molar-refractivity contribution in [3.63, 3.8) is 0 Å². The second-order valence-electron chi connectivity index (χ2n) is 3.70. The predicted octanol–water partition coefficient (Wildman–Crippen LogP) is 2.16. The van der Waals surface area contributed by atoms with E-state index in [1.54, 1.807) is 6.07 Å². The van der Waals surface area contributed by atoms with Crippen molar-refractivity contribution in [3.05, 3.63) is 34.3 Å². The summed E-state index contributed by atoms with van der Waals surface area (Å²) >= 11 is 3.51. The second-order valence-corrected chi connectivity index (χ2v) is 4.50. The molecular formula is C11H13BrN6. The van der Waals surface area contributed by atoms with Crippen molar-refractivity contribution < 1.29 is 0 Å². The Labute approximate surface area is 113 Å². The van der Waals surface area contributed by atoms with E-state index >= 15 is 0 Å². The first-order chi connectivity index (χ1) is 8.60.